The minimum absolute atomic E-state index is 0.186. The summed E-state index contributed by atoms with van der Waals surface area (Å²) in [5, 5.41) is 0. The topological polar surface area (TPSA) is 3.24 Å². The maximum Gasteiger partial charge on any atom is 0.129 e. The third-order valence-electron chi connectivity index (χ3n) is 3.39. The fourth-order valence-corrected chi connectivity index (χ4v) is 2.79. The van der Waals surface area contributed by atoms with E-state index in [1.807, 2.05) is 6.07 Å². The summed E-state index contributed by atoms with van der Waals surface area (Å²) in [4.78, 5) is 2.31. The Hall–Kier alpha value is -0.760. The molecule has 1 aromatic carbocycles. The fourth-order valence-electron chi connectivity index (χ4n) is 2.53. The lowest BCUT2D eigenvalue weighted by molar-refractivity contribution is 0.609. The summed E-state index contributed by atoms with van der Waals surface area (Å²) < 4.78 is 13.6. The first-order chi connectivity index (χ1) is 7.77. The number of benzene rings is 1. The van der Waals surface area contributed by atoms with Crippen LogP contribution < -0.4 is 4.90 Å². The molecule has 16 heavy (non-hydrogen) atoms. The predicted octanol–water partition coefficient (Wildman–Crippen LogP) is 3.94. The number of halogens is 2. The zero-order valence-corrected chi connectivity index (χ0v) is 10.3. The molecular weight excluding hydrogens is 225 g/mol. The standard InChI is InChI=1S/C13H17ClFN/c1-2-10-5-4-8-16(10)13-7-3-6-12(15)11(13)9-14/h3,6-7,10H,2,4-5,8-9H2,1H3. The molecular formula is C13H17ClFN. The summed E-state index contributed by atoms with van der Waals surface area (Å²) in [6.07, 6.45) is 3.50. The average molecular weight is 242 g/mol. The minimum atomic E-state index is -0.186. The monoisotopic (exact) mass is 241 g/mol. The number of hydrogen-bond donors (Lipinski definition) is 0. The van der Waals surface area contributed by atoms with Crippen molar-refractivity contribution in [2.75, 3.05) is 11.4 Å². The van der Waals surface area contributed by atoms with E-state index in [0.29, 0.717) is 11.6 Å². The van der Waals surface area contributed by atoms with Crippen molar-refractivity contribution in [1.82, 2.24) is 0 Å². The number of anilines is 1. The zero-order chi connectivity index (χ0) is 11.5. The van der Waals surface area contributed by atoms with Crippen LogP contribution in [0.5, 0.6) is 0 Å². The molecule has 0 bridgehead atoms. The normalized spacial score (nSPS) is 20.4. The molecule has 1 unspecified atom stereocenters. The Morgan fingerprint density at radius 2 is 2.31 bits per heavy atom. The van der Waals surface area contributed by atoms with E-state index < -0.39 is 0 Å². The van der Waals surface area contributed by atoms with E-state index in [4.69, 9.17) is 11.6 Å². The van der Waals surface area contributed by atoms with Crippen LogP contribution >= 0.6 is 11.6 Å². The van der Waals surface area contributed by atoms with Gasteiger partial charge in [-0.15, -0.1) is 11.6 Å². The van der Waals surface area contributed by atoms with Crippen LogP contribution in [0.25, 0.3) is 0 Å². The highest BCUT2D eigenvalue weighted by atomic mass is 35.5. The molecule has 3 heteroatoms. The van der Waals surface area contributed by atoms with Gasteiger partial charge < -0.3 is 4.90 Å². The van der Waals surface area contributed by atoms with Crippen molar-refractivity contribution >= 4 is 17.3 Å². The molecule has 1 aliphatic heterocycles. The van der Waals surface area contributed by atoms with Crippen molar-refractivity contribution in [3.63, 3.8) is 0 Å². The molecule has 2 rings (SSSR count). The van der Waals surface area contributed by atoms with Crippen LogP contribution in [0, 0.1) is 5.82 Å². The van der Waals surface area contributed by atoms with Crippen molar-refractivity contribution in [2.24, 2.45) is 0 Å². The Morgan fingerprint density at radius 1 is 1.50 bits per heavy atom. The smallest absolute Gasteiger partial charge is 0.129 e. The van der Waals surface area contributed by atoms with Crippen LogP contribution in [0.4, 0.5) is 10.1 Å². The molecule has 0 spiro atoms. The maximum absolute atomic E-state index is 13.6. The summed E-state index contributed by atoms with van der Waals surface area (Å²) in [6, 6.07) is 5.78. The second kappa shape index (κ2) is 5.05. The average Bonchev–Trinajstić information content (AvgIpc) is 2.76. The van der Waals surface area contributed by atoms with Crippen LogP contribution in [0.3, 0.4) is 0 Å². The van der Waals surface area contributed by atoms with Gasteiger partial charge in [0.25, 0.3) is 0 Å². The summed E-state index contributed by atoms with van der Waals surface area (Å²) in [7, 11) is 0. The first kappa shape index (κ1) is 11.7. The molecule has 1 atom stereocenters. The highest BCUT2D eigenvalue weighted by Crippen LogP contribution is 2.32. The van der Waals surface area contributed by atoms with Gasteiger partial charge in [-0.05, 0) is 31.4 Å². The summed E-state index contributed by atoms with van der Waals surface area (Å²) >= 11 is 5.84. The van der Waals surface area contributed by atoms with E-state index in [9.17, 15) is 4.39 Å². The predicted molar refractivity (Wildman–Crippen MR) is 66.6 cm³/mol. The number of alkyl halides is 1. The van der Waals surface area contributed by atoms with E-state index in [2.05, 4.69) is 11.8 Å². The van der Waals surface area contributed by atoms with Gasteiger partial charge in [0.15, 0.2) is 0 Å². The first-order valence-corrected chi connectivity index (χ1v) is 6.41. The second-order valence-electron chi connectivity index (χ2n) is 4.27. The number of nitrogens with zero attached hydrogens (tertiary/aromatic N) is 1. The molecule has 0 N–H and O–H groups in total. The lowest BCUT2D eigenvalue weighted by atomic mass is 10.1. The molecule has 1 saturated heterocycles. The molecule has 1 fully saturated rings. The Balaban J connectivity index is 2.35. The summed E-state index contributed by atoms with van der Waals surface area (Å²) in [6.45, 7) is 3.20. The van der Waals surface area contributed by atoms with Crippen LogP contribution in [0.2, 0.25) is 0 Å². The van der Waals surface area contributed by atoms with Gasteiger partial charge in [-0.3, -0.25) is 0 Å². The third-order valence-corrected chi connectivity index (χ3v) is 3.65. The SMILES string of the molecule is CCC1CCCN1c1cccc(F)c1CCl. The van der Waals surface area contributed by atoms with Gasteiger partial charge >= 0.3 is 0 Å². The van der Waals surface area contributed by atoms with Gasteiger partial charge in [0.2, 0.25) is 0 Å². The molecule has 0 saturated carbocycles. The first-order valence-electron chi connectivity index (χ1n) is 5.88. The van der Waals surface area contributed by atoms with Crippen LogP contribution in [0.15, 0.2) is 18.2 Å². The van der Waals surface area contributed by atoms with Crippen LogP contribution in [-0.4, -0.2) is 12.6 Å². The van der Waals surface area contributed by atoms with Gasteiger partial charge in [0.1, 0.15) is 5.82 Å². The van der Waals surface area contributed by atoms with Crippen molar-refractivity contribution in [3.8, 4) is 0 Å². The molecule has 1 aliphatic rings. The second-order valence-corrected chi connectivity index (χ2v) is 4.54. The molecule has 0 amide bonds. The molecule has 0 aliphatic carbocycles. The lowest BCUT2D eigenvalue weighted by Gasteiger charge is -2.28. The van der Waals surface area contributed by atoms with E-state index in [0.717, 1.165) is 18.7 Å². The van der Waals surface area contributed by atoms with Crippen molar-refractivity contribution in [3.05, 3.63) is 29.6 Å². The number of hydrogen-bond acceptors (Lipinski definition) is 1. The van der Waals surface area contributed by atoms with Gasteiger partial charge in [0.05, 0.1) is 5.88 Å². The van der Waals surface area contributed by atoms with Crippen molar-refractivity contribution in [2.45, 2.75) is 38.1 Å². The molecule has 0 radical (unpaired) electrons. The Labute approximate surface area is 101 Å². The highest BCUT2D eigenvalue weighted by molar-refractivity contribution is 6.17. The maximum atomic E-state index is 13.6. The van der Waals surface area contributed by atoms with Gasteiger partial charge in [0, 0.05) is 23.8 Å². The Bertz CT molecular complexity index is 367. The molecule has 1 nitrogen and oxygen atoms in total. The molecule has 1 aromatic rings. The third kappa shape index (κ3) is 2.03. The largest absolute Gasteiger partial charge is 0.368 e. The molecule has 88 valence electrons. The summed E-state index contributed by atoms with van der Waals surface area (Å²) in [5.41, 5.74) is 1.63. The summed E-state index contributed by atoms with van der Waals surface area (Å²) in [5.74, 6) is 0.0591. The number of rotatable bonds is 3. The van der Waals surface area contributed by atoms with Crippen LogP contribution in [0.1, 0.15) is 31.7 Å². The quantitative estimate of drug-likeness (QED) is 0.725. The van der Waals surface area contributed by atoms with E-state index in [1.54, 1.807) is 6.07 Å². The van der Waals surface area contributed by atoms with Gasteiger partial charge in [-0.25, -0.2) is 4.39 Å². The highest BCUT2D eigenvalue weighted by Gasteiger charge is 2.25. The zero-order valence-electron chi connectivity index (χ0n) is 9.55. The van der Waals surface area contributed by atoms with E-state index in [-0.39, 0.29) is 11.7 Å². The molecule has 0 aromatic heterocycles. The van der Waals surface area contributed by atoms with Crippen molar-refractivity contribution in [1.29, 1.82) is 0 Å². The minimum Gasteiger partial charge on any atom is -0.368 e. The van der Waals surface area contributed by atoms with Gasteiger partial charge in [-0.2, -0.15) is 0 Å². The Morgan fingerprint density at radius 3 is 3.00 bits per heavy atom. The Kier molecular flexibility index (Phi) is 3.70. The fraction of sp³-hybridized carbons (Fsp3) is 0.538. The van der Waals surface area contributed by atoms with Crippen LogP contribution in [-0.2, 0) is 5.88 Å². The van der Waals surface area contributed by atoms with Gasteiger partial charge in [-0.1, -0.05) is 13.0 Å². The van der Waals surface area contributed by atoms with E-state index >= 15 is 0 Å². The lowest BCUT2D eigenvalue weighted by Crippen LogP contribution is -2.29. The van der Waals surface area contributed by atoms with E-state index in [1.165, 1.54) is 18.9 Å². The molecule has 1 heterocycles. The van der Waals surface area contributed by atoms with Crippen molar-refractivity contribution < 1.29 is 4.39 Å².